The van der Waals surface area contributed by atoms with Crippen LogP contribution in [0.15, 0.2) is 34.2 Å². The number of hydrazone groups is 1. The van der Waals surface area contributed by atoms with Crippen molar-refractivity contribution in [1.82, 2.24) is 15.2 Å². The number of nitrogens with one attached hydrogen (secondary N) is 2. The lowest BCUT2D eigenvalue weighted by Crippen LogP contribution is -2.15. The van der Waals surface area contributed by atoms with Crippen molar-refractivity contribution < 1.29 is 0 Å². The molecule has 0 radical (unpaired) electrons. The fourth-order valence-corrected chi connectivity index (χ4v) is 1.43. The van der Waals surface area contributed by atoms with E-state index in [1.165, 1.54) is 0 Å². The summed E-state index contributed by atoms with van der Waals surface area (Å²) in [6, 6.07) is 7.27. The van der Waals surface area contributed by atoms with E-state index < -0.39 is 5.69 Å². The lowest BCUT2D eigenvalue weighted by molar-refractivity contribution is 0.879. The van der Waals surface area contributed by atoms with Gasteiger partial charge in [-0.2, -0.15) is 15.2 Å². The van der Waals surface area contributed by atoms with Crippen LogP contribution in [0.25, 0.3) is 0 Å². The molecule has 0 saturated heterocycles. The Bertz CT molecular complexity index is 637. The van der Waals surface area contributed by atoms with Crippen LogP contribution in [0.5, 0.6) is 0 Å². The molecule has 0 fully saturated rings. The summed E-state index contributed by atoms with van der Waals surface area (Å²) in [4.78, 5) is 14.7. The summed E-state index contributed by atoms with van der Waals surface area (Å²) in [6.07, 6.45) is 1.55. The maximum Gasteiger partial charge on any atom is 0.363 e. The Hall–Kier alpha value is -2.21. The third kappa shape index (κ3) is 2.92. The molecule has 0 spiro atoms. The van der Waals surface area contributed by atoms with Crippen molar-refractivity contribution in [1.29, 1.82) is 0 Å². The highest BCUT2D eigenvalue weighted by Gasteiger charge is 2.00. The van der Waals surface area contributed by atoms with Gasteiger partial charge in [-0.25, -0.2) is 9.89 Å². The van der Waals surface area contributed by atoms with Crippen LogP contribution in [0.2, 0.25) is 5.02 Å². The second kappa shape index (κ2) is 5.42. The third-order valence-electron chi connectivity index (χ3n) is 2.15. The molecule has 1 aromatic carbocycles. The van der Waals surface area contributed by atoms with E-state index in [0.29, 0.717) is 16.5 Å². The van der Waals surface area contributed by atoms with E-state index in [0.717, 1.165) is 5.56 Å². The number of anilines is 1. The Morgan fingerprint density at radius 2 is 2.22 bits per heavy atom. The summed E-state index contributed by atoms with van der Waals surface area (Å²) in [7, 11) is 0. The molecule has 1 aromatic heterocycles. The van der Waals surface area contributed by atoms with E-state index in [9.17, 15) is 4.79 Å². The van der Waals surface area contributed by atoms with Gasteiger partial charge in [0.15, 0.2) is 5.82 Å². The first-order chi connectivity index (χ1) is 8.66. The Balaban J connectivity index is 2.15. The third-order valence-corrected chi connectivity index (χ3v) is 2.50. The largest absolute Gasteiger partial charge is 0.363 e. The van der Waals surface area contributed by atoms with Gasteiger partial charge in [0, 0.05) is 10.6 Å². The van der Waals surface area contributed by atoms with Gasteiger partial charge in [-0.3, -0.25) is 5.43 Å². The molecule has 1 heterocycles. The molecule has 0 bridgehead atoms. The van der Waals surface area contributed by atoms with Crippen molar-refractivity contribution in [2.24, 2.45) is 5.10 Å². The van der Waals surface area contributed by atoms with E-state index >= 15 is 0 Å². The summed E-state index contributed by atoms with van der Waals surface area (Å²) in [5.74, 6) is 0.307. The number of rotatable bonds is 3. The zero-order valence-corrected chi connectivity index (χ0v) is 10.3. The highest BCUT2D eigenvalue weighted by atomic mass is 35.5. The summed E-state index contributed by atoms with van der Waals surface area (Å²) in [5.41, 5.74) is 3.43. The lowest BCUT2D eigenvalue weighted by atomic mass is 10.2. The van der Waals surface area contributed by atoms with Gasteiger partial charge >= 0.3 is 5.69 Å². The van der Waals surface area contributed by atoms with Crippen molar-refractivity contribution in [3.05, 3.63) is 51.0 Å². The van der Waals surface area contributed by atoms with Gasteiger partial charge in [0.2, 0.25) is 0 Å². The monoisotopic (exact) mass is 263 g/mol. The summed E-state index contributed by atoms with van der Waals surface area (Å²) in [6.45, 7) is 1.70. The van der Waals surface area contributed by atoms with Crippen LogP contribution >= 0.6 is 11.6 Å². The molecule has 0 aliphatic heterocycles. The molecule has 0 unspecified atom stereocenters. The minimum absolute atomic E-state index is 0.307. The Kier molecular flexibility index (Phi) is 3.69. The van der Waals surface area contributed by atoms with Crippen LogP contribution in [-0.4, -0.2) is 21.4 Å². The topological polar surface area (TPSA) is 83.0 Å². The molecule has 18 heavy (non-hydrogen) atoms. The molecule has 6 nitrogen and oxygen atoms in total. The van der Waals surface area contributed by atoms with Crippen molar-refractivity contribution in [3.63, 3.8) is 0 Å². The highest BCUT2D eigenvalue weighted by molar-refractivity contribution is 6.33. The molecule has 2 rings (SSSR count). The molecule has 0 aliphatic carbocycles. The number of hydrogen-bond acceptors (Lipinski definition) is 5. The first-order valence-corrected chi connectivity index (χ1v) is 5.51. The summed E-state index contributed by atoms with van der Waals surface area (Å²) in [5, 5.41) is 10.5. The second-order valence-corrected chi connectivity index (χ2v) is 3.87. The first-order valence-electron chi connectivity index (χ1n) is 5.14. The van der Waals surface area contributed by atoms with Gasteiger partial charge in [0.1, 0.15) is 5.69 Å². The van der Waals surface area contributed by atoms with Gasteiger partial charge in [0.05, 0.1) is 6.21 Å². The van der Waals surface area contributed by atoms with Gasteiger partial charge < -0.3 is 0 Å². The summed E-state index contributed by atoms with van der Waals surface area (Å²) >= 11 is 5.96. The highest BCUT2D eigenvalue weighted by Crippen LogP contribution is 2.12. The molecule has 0 aliphatic rings. The predicted molar refractivity (Wildman–Crippen MR) is 70.1 cm³/mol. The standard InChI is InChI=1S/C11H10ClN5O/c1-7-10(14-11(18)17-15-7)16-13-6-8-4-2-3-5-9(8)12/h2-6H,1H3,(H2,14,16,17,18). The van der Waals surface area contributed by atoms with E-state index in [4.69, 9.17) is 11.6 Å². The van der Waals surface area contributed by atoms with E-state index in [2.05, 4.69) is 25.7 Å². The molecule has 92 valence electrons. The van der Waals surface area contributed by atoms with Crippen LogP contribution in [0, 0.1) is 6.92 Å². The van der Waals surface area contributed by atoms with Crippen molar-refractivity contribution in [2.75, 3.05) is 5.43 Å². The van der Waals surface area contributed by atoms with Gasteiger partial charge in [0.25, 0.3) is 0 Å². The predicted octanol–water partition coefficient (Wildman–Crippen LogP) is 1.57. The molecular weight excluding hydrogens is 254 g/mol. The zero-order valence-electron chi connectivity index (χ0n) is 9.51. The van der Waals surface area contributed by atoms with Crippen molar-refractivity contribution in [2.45, 2.75) is 6.92 Å². The van der Waals surface area contributed by atoms with E-state index in [1.54, 1.807) is 19.2 Å². The molecule has 7 heteroatoms. The number of aromatic nitrogens is 3. The Morgan fingerprint density at radius 1 is 1.44 bits per heavy atom. The Labute approximate surface area is 108 Å². The smallest absolute Gasteiger partial charge is 0.260 e. The second-order valence-electron chi connectivity index (χ2n) is 3.47. The number of aromatic amines is 1. The van der Waals surface area contributed by atoms with E-state index in [1.807, 2.05) is 18.2 Å². The first kappa shape index (κ1) is 12.3. The van der Waals surface area contributed by atoms with Crippen molar-refractivity contribution >= 4 is 23.6 Å². The average molecular weight is 264 g/mol. The molecular formula is C11H10ClN5O. The minimum atomic E-state index is -0.531. The molecule has 0 atom stereocenters. The number of hydrogen-bond donors (Lipinski definition) is 2. The summed E-state index contributed by atoms with van der Waals surface area (Å²) < 4.78 is 0. The number of benzene rings is 1. The zero-order chi connectivity index (χ0) is 13.0. The average Bonchev–Trinajstić information content (AvgIpc) is 2.36. The van der Waals surface area contributed by atoms with Crippen LogP contribution < -0.4 is 11.1 Å². The number of halogens is 1. The molecule has 0 amide bonds. The molecule has 0 saturated carbocycles. The van der Waals surface area contributed by atoms with Crippen LogP contribution in [-0.2, 0) is 0 Å². The van der Waals surface area contributed by atoms with Crippen LogP contribution in [0.1, 0.15) is 11.3 Å². The minimum Gasteiger partial charge on any atom is -0.260 e. The fraction of sp³-hybridized carbons (Fsp3) is 0.0909. The normalized spacial score (nSPS) is 10.8. The van der Waals surface area contributed by atoms with Crippen LogP contribution in [0.4, 0.5) is 5.82 Å². The fourth-order valence-electron chi connectivity index (χ4n) is 1.24. The number of H-pyrrole nitrogens is 1. The molecule has 2 aromatic rings. The number of aryl methyl sites for hydroxylation is 1. The maximum absolute atomic E-state index is 11.0. The van der Waals surface area contributed by atoms with E-state index in [-0.39, 0.29) is 0 Å². The van der Waals surface area contributed by atoms with Gasteiger partial charge in [-0.15, -0.1) is 0 Å². The lowest BCUT2D eigenvalue weighted by Gasteiger charge is -2.01. The SMILES string of the molecule is Cc1n[nH]c(=O)nc1NN=Cc1ccccc1Cl. The number of nitrogens with zero attached hydrogens (tertiary/aromatic N) is 3. The molecule has 2 N–H and O–H groups in total. The maximum atomic E-state index is 11.0. The van der Waals surface area contributed by atoms with Crippen LogP contribution in [0.3, 0.4) is 0 Å². The van der Waals surface area contributed by atoms with Gasteiger partial charge in [-0.1, -0.05) is 29.8 Å². The van der Waals surface area contributed by atoms with Crippen molar-refractivity contribution in [3.8, 4) is 0 Å². The Morgan fingerprint density at radius 3 is 3.00 bits per heavy atom. The quantitative estimate of drug-likeness (QED) is 0.650. The van der Waals surface area contributed by atoms with Gasteiger partial charge in [-0.05, 0) is 13.0 Å².